The van der Waals surface area contributed by atoms with Crippen LogP contribution in [0.25, 0.3) is 0 Å². The molecular formula is C12H16N2O4. The summed E-state index contributed by atoms with van der Waals surface area (Å²) in [5, 5.41) is 19.9. The number of hydrogen-bond donors (Lipinski definition) is 3. The van der Waals surface area contributed by atoms with E-state index >= 15 is 0 Å². The zero-order valence-electron chi connectivity index (χ0n) is 10.3. The van der Waals surface area contributed by atoms with Gasteiger partial charge in [0.2, 0.25) is 0 Å². The van der Waals surface area contributed by atoms with Crippen molar-refractivity contribution < 1.29 is 19.8 Å². The molecule has 18 heavy (non-hydrogen) atoms. The van der Waals surface area contributed by atoms with Crippen LogP contribution in [0.3, 0.4) is 0 Å². The van der Waals surface area contributed by atoms with Crippen LogP contribution in [-0.2, 0) is 4.79 Å². The van der Waals surface area contributed by atoms with Gasteiger partial charge in [-0.05, 0) is 31.5 Å². The lowest BCUT2D eigenvalue weighted by Crippen LogP contribution is -2.41. The molecule has 3 N–H and O–H groups in total. The Hall–Kier alpha value is -1.95. The number of carboxylic acids is 1. The van der Waals surface area contributed by atoms with Gasteiger partial charge < -0.3 is 15.5 Å². The third kappa shape index (κ3) is 3.81. The van der Waals surface area contributed by atoms with Crippen molar-refractivity contribution in [1.29, 1.82) is 0 Å². The number of aliphatic hydroxyl groups excluding tert-OH is 1. The van der Waals surface area contributed by atoms with Crippen LogP contribution < -0.4 is 5.32 Å². The summed E-state index contributed by atoms with van der Waals surface area (Å²) in [6.07, 6.45) is -0.0358. The average molecular weight is 252 g/mol. The van der Waals surface area contributed by atoms with Crippen LogP contribution in [0, 0.1) is 13.8 Å². The lowest BCUT2D eigenvalue weighted by atomic mass is 10.2. The standard InChI is InChI=1S/C12H16N2O4/c1-7-5-8(2)13-10(6-7)11(16)14-9(3-4-15)12(17)18/h5-6,9,15H,3-4H2,1-2H3,(H,14,16)(H,17,18)/t9-/m1/s1. The van der Waals surface area contributed by atoms with E-state index in [0.717, 1.165) is 5.56 Å². The van der Waals surface area contributed by atoms with E-state index in [1.807, 2.05) is 13.0 Å². The lowest BCUT2D eigenvalue weighted by molar-refractivity contribution is -0.139. The minimum Gasteiger partial charge on any atom is -0.480 e. The quantitative estimate of drug-likeness (QED) is 0.698. The Morgan fingerprint density at radius 2 is 2.06 bits per heavy atom. The van der Waals surface area contributed by atoms with Crippen LogP contribution in [0.15, 0.2) is 12.1 Å². The summed E-state index contributed by atoms with van der Waals surface area (Å²) in [5.74, 6) is -1.73. The van der Waals surface area contributed by atoms with Crippen molar-refractivity contribution in [3.05, 3.63) is 29.1 Å². The number of carbonyl (C=O) groups is 2. The number of aliphatic hydroxyl groups is 1. The molecule has 1 amide bonds. The summed E-state index contributed by atoms with van der Waals surface area (Å²) >= 11 is 0. The van der Waals surface area contributed by atoms with Crippen LogP contribution in [0.2, 0.25) is 0 Å². The van der Waals surface area contributed by atoms with Gasteiger partial charge in [0.05, 0.1) is 0 Å². The van der Waals surface area contributed by atoms with Crippen molar-refractivity contribution >= 4 is 11.9 Å². The number of aromatic nitrogens is 1. The third-order valence-corrected chi connectivity index (χ3v) is 2.35. The van der Waals surface area contributed by atoms with Crippen LogP contribution in [-0.4, -0.2) is 39.7 Å². The fraction of sp³-hybridized carbons (Fsp3) is 0.417. The van der Waals surface area contributed by atoms with E-state index in [1.165, 1.54) is 0 Å². The summed E-state index contributed by atoms with van der Waals surface area (Å²) in [4.78, 5) is 26.7. The van der Waals surface area contributed by atoms with Gasteiger partial charge in [-0.2, -0.15) is 0 Å². The molecule has 98 valence electrons. The number of nitrogens with zero attached hydrogens (tertiary/aromatic N) is 1. The first-order valence-electron chi connectivity index (χ1n) is 5.54. The fourth-order valence-corrected chi connectivity index (χ4v) is 1.58. The summed E-state index contributed by atoms with van der Waals surface area (Å²) in [6.45, 7) is 3.28. The highest BCUT2D eigenvalue weighted by Gasteiger charge is 2.20. The van der Waals surface area contributed by atoms with Crippen LogP contribution >= 0.6 is 0 Å². The number of amides is 1. The Balaban J connectivity index is 2.83. The summed E-state index contributed by atoms with van der Waals surface area (Å²) in [7, 11) is 0. The molecule has 0 radical (unpaired) electrons. The molecule has 1 aromatic heterocycles. The van der Waals surface area contributed by atoms with Gasteiger partial charge in [-0.1, -0.05) is 0 Å². The monoisotopic (exact) mass is 252 g/mol. The van der Waals surface area contributed by atoms with E-state index < -0.39 is 17.9 Å². The average Bonchev–Trinajstić information content (AvgIpc) is 2.26. The van der Waals surface area contributed by atoms with Gasteiger partial charge in [-0.15, -0.1) is 0 Å². The van der Waals surface area contributed by atoms with Crippen molar-refractivity contribution in [2.45, 2.75) is 26.3 Å². The maximum atomic E-state index is 11.8. The molecule has 1 heterocycles. The molecule has 0 fully saturated rings. The molecule has 1 rings (SSSR count). The molecule has 0 aliphatic carbocycles. The Morgan fingerprint density at radius 3 is 2.56 bits per heavy atom. The summed E-state index contributed by atoms with van der Waals surface area (Å²) in [5.41, 5.74) is 1.74. The number of carbonyl (C=O) groups excluding carboxylic acids is 1. The van der Waals surface area contributed by atoms with Crippen molar-refractivity contribution in [3.8, 4) is 0 Å². The molecule has 0 saturated carbocycles. The number of rotatable bonds is 5. The Bertz CT molecular complexity index is 439. The number of nitrogens with one attached hydrogen (secondary N) is 1. The van der Waals surface area contributed by atoms with Crippen molar-refractivity contribution in [2.24, 2.45) is 0 Å². The second-order valence-electron chi connectivity index (χ2n) is 4.05. The zero-order valence-corrected chi connectivity index (χ0v) is 10.3. The Kier molecular flexibility index (Phi) is 4.79. The molecule has 0 unspecified atom stereocenters. The van der Waals surface area contributed by atoms with E-state index in [4.69, 9.17) is 10.2 Å². The van der Waals surface area contributed by atoms with E-state index in [9.17, 15) is 9.59 Å². The maximum absolute atomic E-state index is 11.8. The van der Waals surface area contributed by atoms with E-state index in [-0.39, 0.29) is 18.7 Å². The fourth-order valence-electron chi connectivity index (χ4n) is 1.58. The van der Waals surface area contributed by atoms with Crippen molar-refractivity contribution in [1.82, 2.24) is 10.3 Å². The largest absolute Gasteiger partial charge is 0.480 e. The summed E-state index contributed by atoms with van der Waals surface area (Å²) < 4.78 is 0. The molecule has 0 aliphatic rings. The maximum Gasteiger partial charge on any atom is 0.326 e. The molecular weight excluding hydrogens is 236 g/mol. The van der Waals surface area contributed by atoms with Crippen LogP contribution in [0.5, 0.6) is 0 Å². The Labute approximate surface area is 105 Å². The highest BCUT2D eigenvalue weighted by Crippen LogP contribution is 2.05. The predicted molar refractivity (Wildman–Crippen MR) is 64.3 cm³/mol. The number of aliphatic carboxylic acids is 1. The second-order valence-corrected chi connectivity index (χ2v) is 4.05. The minimum atomic E-state index is -1.18. The third-order valence-electron chi connectivity index (χ3n) is 2.35. The summed E-state index contributed by atoms with van der Waals surface area (Å²) in [6, 6.07) is 2.30. The molecule has 0 bridgehead atoms. The van der Waals surface area contributed by atoms with Gasteiger partial charge >= 0.3 is 5.97 Å². The molecule has 6 heteroatoms. The molecule has 0 aliphatic heterocycles. The van der Waals surface area contributed by atoms with E-state index in [0.29, 0.717) is 5.69 Å². The van der Waals surface area contributed by atoms with Gasteiger partial charge in [0.15, 0.2) is 0 Å². The first-order valence-corrected chi connectivity index (χ1v) is 5.54. The molecule has 0 saturated heterocycles. The molecule has 0 spiro atoms. The van der Waals surface area contributed by atoms with Gasteiger partial charge in [-0.3, -0.25) is 4.79 Å². The molecule has 6 nitrogen and oxygen atoms in total. The SMILES string of the molecule is Cc1cc(C)nc(C(=O)N[C@H](CCO)C(=O)O)c1. The lowest BCUT2D eigenvalue weighted by Gasteiger charge is -2.13. The zero-order chi connectivity index (χ0) is 13.7. The second kappa shape index (κ2) is 6.11. The van der Waals surface area contributed by atoms with E-state index in [1.54, 1.807) is 13.0 Å². The molecule has 0 aromatic carbocycles. The topological polar surface area (TPSA) is 99.5 Å². The Morgan fingerprint density at radius 1 is 1.39 bits per heavy atom. The van der Waals surface area contributed by atoms with Gasteiger partial charge in [0.25, 0.3) is 5.91 Å². The smallest absolute Gasteiger partial charge is 0.326 e. The van der Waals surface area contributed by atoms with Gasteiger partial charge in [0.1, 0.15) is 11.7 Å². The predicted octanol–water partition coefficient (Wildman–Crippen LogP) is 0.264. The number of carboxylic acid groups (broad SMARTS) is 1. The van der Waals surface area contributed by atoms with E-state index in [2.05, 4.69) is 10.3 Å². The van der Waals surface area contributed by atoms with Gasteiger partial charge in [-0.25, -0.2) is 9.78 Å². The number of aryl methyl sites for hydroxylation is 2. The van der Waals surface area contributed by atoms with Crippen molar-refractivity contribution in [2.75, 3.05) is 6.61 Å². The number of hydrogen-bond acceptors (Lipinski definition) is 4. The van der Waals surface area contributed by atoms with Crippen LogP contribution in [0.4, 0.5) is 0 Å². The van der Waals surface area contributed by atoms with Crippen molar-refractivity contribution in [3.63, 3.8) is 0 Å². The minimum absolute atomic E-state index is 0.0358. The van der Waals surface area contributed by atoms with Crippen LogP contribution in [0.1, 0.15) is 28.2 Å². The molecule has 1 atom stereocenters. The van der Waals surface area contributed by atoms with Gasteiger partial charge in [0, 0.05) is 18.7 Å². The first kappa shape index (κ1) is 14.1. The highest BCUT2D eigenvalue weighted by molar-refractivity contribution is 5.95. The normalized spacial score (nSPS) is 11.9. The highest BCUT2D eigenvalue weighted by atomic mass is 16.4. The number of pyridine rings is 1. The molecule has 1 aromatic rings. The first-order chi connectivity index (χ1) is 8.43.